The summed E-state index contributed by atoms with van der Waals surface area (Å²) in [4.78, 5) is 19.3. The van der Waals surface area contributed by atoms with Crippen LogP contribution in [0.3, 0.4) is 0 Å². The highest BCUT2D eigenvalue weighted by Crippen LogP contribution is 2.21. The first-order valence-electron chi connectivity index (χ1n) is 9.90. The molecule has 1 N–H and O–H groups in total. The number of hydrogen-bond acceptors (Lipinski definition) is 5. The average molecular weight is 445 g/mol. The molecule has 0 bridgehead atoms. The van der Waals surface area contributed by atoms with Gasteiger partial charge in [-0.15, -0.1) is 0 Å². The van der Waals surface area contributed by atoms with Crippen LogP contribution >= 0.6 is 23.2 Å². The van der Waals surface area contributed by atoms with Crippen molar-refractivity contribution in [3.8, 4) is 11.4 Å². The van der Waals surface area contributed by atoms with E-state index in [1.54, 1.807) is 12.1 Å². The maximum Gasteiger partial charge on any atom is 0.241 e. The van der Waals surface area contributed by atoms with Crippen LogP contribution in [0.1, 0.15) is 24.3 Å². The second-order valence-electron chi connectivity index (χ2n) is 7.44. The van der Waals surface area contributed by atoms with Gasteiger partial charge in [-0.1, -0.05) is 40.5 Å². The smallest absolute Gasteiger partial charge is 0.241 e. The lowest BCUT2D eigenvalue weighted by molar-refractivity contribution is -0.127. The van der Waals surface area contributed by atoms with E-state index in [0.29, 0.717) is 41.4 Å². The van der Waals surface area contributed by atoms with Crippen molar-refractivity contribution in [2.75, 3.05) is 13.1 Å². The lowest BCUT2D eigenvalue weighted by atomic mass is 9.97. The normalized spacial score (nSPS) is 17.1. The van der Waals surface area contributed by atoms with E-state index in [0.717, 1.165) is 30.5 Å². The highest BCUT2D eigenvalue weighted by Gasteiger charge is 2.26. The molecule has 2 heterocycles. The van der Waals surface area contributed by atoms with E-state index < -0.39 is 0 Å². The summed E-state index contributed by atoms with van der Waals surface area (Å²) in [6, 6.07) is 14.8. The van der Waals surface area contributed by atoms with E-state index in [1.807, 2.05) is 36.4 Å². The molecule has 1 saturated heterocycles. The number of carbonyl (C=O) groups excluding carboxylic acids is 1. The van der Waals surface area contributed by atoms with Gasteiger partial charge in [0.2, 0.25) is 17.6 Å². The van der Waals surface area contributed by atoms with Crippen molar-refractivity contribution in [1.29, 1.82) is 0 Å². The lowest BCUT2D eigenvalue weighted by Crippen LogP contribution is -2.42. The molecule has 1 amide bonds. The molecule has 0 saturated carbocycles. The van der Waals surface area contributed by atoms with Gasteiger partial charge in [0.1, 0.15) is 0 Å². The number of aromatic nitrogens is 2. The van der Waals surface area contributed by atoms with Crippen LogP contribution in [-0.4, -0.2) is 34.0 Å². The molecule has 2 aromatic carbocycles. The Morgan fingerprint density at radius 3 is 2.53 bits per heavy atom. The van der Waals surface area contributed by atoms with Crippen molar-refractivity contribution >= 4 is 29.1 Å². The number of amides is 1. The lowest BCUT2D eigenvalue weighted by Gasteiger charge is -2.30. The SMILES string of the molecule is O=C(NCc1ccc(Cl)cc1)C1CCCN(Cc2nc(-c3ccc(Cl)cc3)no2)C1. The summed E-state index contributed by atoms with van der Waals surface area (Å²) < 4.78 is 5.42. The Kier molecular flexibility index (Phi) is 6.67. The number of hydrogen-bond donors (Lipinski definition) is 1. The average Bonchev–Trinajstić information content (AvgIpc) is 3.22. The fourth-order valence-corrected chi connectivity index (χ4v) is 3.83. The minimum absolute atomic E-state index is 0.0512. The number of benzene rings is 2. The van der Waals surface area contributed by atoms with Crippen LogP contribution in [0, 0.1) is 5.92 Å². The Morgan fingerprint density at radius 1 is 1.10 bits per heavy atom. The summed E-state index contributed by atoms with van der Waals surface area (Å²) in [6.07, 6.45) is 1.83. The summed E-state index contributed by atoms with van der Waals surface area (Å²) in [7, 11) is 0. The first-order valence-corrected chi connectivity index (χ1v) is 10.7. The molecule has 1 atom stereocenters. The molecule has 1 fully saturated rings. The number of nitrogens with one attached hydrogen (secondary N) is 1. The van der Waals surface area contributed by atoms with Gasteiger partial charge in [0.05, 0.1) is 12.5 Å². The molecule has 0 radical (unpaired) electrons. The van der Waals surface area contributed by atoms with Gasteiger partial charge in [-0.25, -0.2) is 0 Å². The third kappa shape index (κ3) is 5.39. The molecular weight excluding hydrogens is 423 g/mol. The summed E-state index contributed by atoms with van der Waals surface area (Å²) in [5.41, 5.74) is 1.88. The predicted octanol–water partition coefficient (Wildman–Crippen LogP) is 4.57. The second-order valence-corrected chi connectivity index (χ2v) is 8.31. The molecule has 3 aromatic rings. The summed E-state index contributed by atoms with van der Waals surface area (Å²) in [5, 5.41) is 8.44. The molecule has 1 aliphatic heterocycles. The van der Waals surface area contributed by atoms with E-state index in [4.69, 9.17) is 27.7 Å². The van der Waals surface area contributed by atoms with Gasteiger partial charge in [-0.2, -0.15) is 4.98 Å². The summed E-state index contributed by atoms with van der Waals surface area (Å²) in [5.74, 6) is 1.10. The van der Waals surface area contributed by atoms with Crippen LogP contribution in [0.4, 0.5) is 0 Å². The van der Waals surface area contributed by atoms with Gasteiger partial charge in [0.15, 0.2) is 0 Å². The number of halogens is 2. The van der Waals surface area contributed by atoms with E-state index in [2.05, 4.69) is 20.4 Å². The molecule has 1 unspecified atom stereocenters. The van der Waals surface area contributed by atoms with E-state index in [-0.39, 0.29) is 11.8 Å². The van der Waals surface area contributed by atoms with Crippen LogP contribution in [0.2, 0.25) is 10.0 Å². The van der Waals surface area contributed by atoms with Gasteiger partial charge in [-0.05, 0) is 61.3 Å². The van der Waals surface area contributed by atoms with Crippen LogP contribution in [0.15, 0.2) is 53.1 Å². The topological polar surface area (TPSA) is 71.3 Å². The monoisotopic (exact) mass is 444 g/mol. The maximum atomic E-state index is 12.6. The first kappa shape index (κ1) is 20.8. The number of carbonyl (C=O) groups is 1. The number of nitrogens with zero attached hydrogens (tertiary/aromatic N) is 3. The first-order chi connectivity index (χ1) is 14.6. The zero-order chi connectivity index (χ0) is 20.9. The fourth-order valence-electron chi connectivity index (χ4n) is 3.58. The van der Waals surface area contributed by atoms with E-state index >= 15 is 0 Å². The van der Waals surface area contributed by atoms with Crippen LogP contribution < -0.4 is 5.32 Å². The zero-order valence-electron chi connectivity index (χ0n) is 16.4. The highest BCUT2D eigenvalue weighted by molar-refractivity contribution is 6.30. The third-order valence-electron chi connectivity index (χ3n) is 5.19. The standard InChI is InChI=1S/C22H22Cl2N4O2/c23-18-7-3-15(4-8-18)12-25-22(29)17-2-1-11-28(13-17)14-20-26-21(27-30-20)16-5-9-19(24)10-6-16/h3-10,17H,1-2,11-14H2,(H,25,29). The van der Waals surface area contributed by atoms with Gasteiger partial charge < -0.3 is 9.84 Å². The molecule has 0 aliphatic carbocycles. The van der Waals surface area contributed by atoms with E-state index in [1.165, 1.54) is 0 Å². The van der Waals surface area contributed by atoms with Crippen molar-refractivity contribution < 1.29 is 9.32 Å². The summed E-state index contributed by atoms with van der Waals surface area (Å²) in [6.45, 7) is 2.60. The quantitative estimate of drug-likeness (QED) is 0.602. The highest BCUT2D eigenvalue weighted by atomic mass is 35.5. The fraction of sp³-hybridized carbons (Fsp3) is 0.318. The molecule has 156 valence electrons. The van der Waals surface area contributed by atoms with Crippen LogP contribution in [0.5, 0.6) is 0 Å². The van der Waals surface area contributed by atoms with Gasteiger partial charge >= 0.3 is 0 Å². The van der Waals surface area contributed by atoms with Gasteiger partial charge in [-0.3, -0.25) is 9.69 Å². The third-order valence-corrected chi connectivity index (χ3v) is 5.69. The number of piperidine rings is 1. The zero-order valence-corrected chi connectivity index (χ0v) is 17.9. The Morgan fingerprint density at radius 2 is 1.80 bits per heavy atom. The second kappa shape index (κ2) is 9.60. The van der Waals surface area contributed by atoms with Crippen LogP contribution in [0.25, 0.3) is 11.4 Å². The predicted molar refractivity (Wildman–Crippen MR) is 116 cm³/mol. The Hall–Kier alpha value is -2.41. The van der Waals surface area contributed by atoms with Crippen molar-refractivity contribution in [3.63, 3.8) is 0 Å². The van der Waals surface area contributed by atoms with Crippen molar-refractivity contribution in [1.82, 2.24) is 20.4 Å². The minimum atomic E-state index is -0.0512. The van der Waals surface area contributed by atoms with Crippen molar-refractivity contribution in [3.05, 3.63) is 70.0 Å². The van der Waals surface area contributed by atoms with Crippen molar-refractivity contribution in [2.45, 2.75) is 25.9 Å². The molecule has 6 nitrogen and oxygen atoms in total. The molecule has 30 heavy (non-hydrogen) atoms. The number of rotatable bonds is 6. The molecule has 4 rings (SSSR count). The Bertz CT molecular complexity index is 989. The molecule has 0 spiro atoms. The summed E-state index contributed by atoms with van der Waals surface area (Å²) >= 11 is 11.8. The molecule has 8 heteroatoms. The largest absolute Gasteiger partial charge is 0.352 e. The van der Waals surface area contributed by atoms with Crippen molar-refractivity contribution in [2.24, 2.45) is 5.92 Å². The van der Waals surface area contributed by atoms with Gasteiger partial charge in [0, 0.05) is 28.7 Å². The molecule has 1 aromatic heterocycles. The number of likely N-dealkylation sites (tertiary alicyclic amines) is 1. The minimum Gasteiger partial charge on any atom is -0.352 e. The van der Waals surface area contributed by atoms with Gasteiger partial charge in [0.25, 0.3) is 0 Å². The molecular formula is C22H22Cl2N4O2. The molecule has 1 aliphatic rings. The maximum absolute atomic E-state index is 12.6. The van der Waals surface area contributed by atoms with E-state index in [9.17, 15) is 4.79 Å². The van der Waals surface area contributed by atoms with Crippen LogP contribution in [-0.2, 0) is 17.9 Å². The Labute approximate surface area is 185 Å². The Balaban J connectivity index is 1.31.